The molecule has 7 nitrogen and oxygen atoms in total. The van der Waals surface area contributed by atoms with Gasteiger partial charge in [0.15, 0.2) is 0 Å². The van der Waals surface area contributed by atoms with Crippen LogP contribution in [0.1, 0.15) is 5.69 Å². The molecule has 0 atom stereocenters. The maximum atomic E-state index is 14.5. The fourth-order valence-corrected chi connectivity index (χ4v) is 2.95. The average Bonchev–Trinajstić information content (AvgIpc) is 2.80. The minimum Gasteiger partial charge on any atom is -0.487 e. The van der Waals surface area contributed by atoms with Crippen LogP contribution in [0.4, 0.5) is 21.7 Å². The van der Waals surface area contributed by atoms with Crippen molar-refractivity contribution in [2.75, 3.05) is 30.9 Å². The van der Waals surface area contributed by atoms with Crippen LogP contribution in [0.25, 0.3) is 10.9 Å². The Morgan fingerprint density at radius 3 is 2.77 bits per heavy atom. The molecule has 158 valence electrons. The molecule has 2 aromatic carbocycles. The molecule has 2 aromatic heterocycles. The molecule has 2 heterocycles. The highest BCUT2D eigenvalue weighted by atomic mass is 19.1. The first-order valence-electron chi connectivity index (χ1n) is 9.80. The Hall–Kier alpha value is -3.78. The van der Waals surface area contributed by atoms with E-state index < -0.39 is 5.82 Å². The van der Waals surface area contributed by atoms with Gasteiger partial charge in [0, 0.05) is 43.2 Å². The van der Waals surface area contributed by atoms with E-state index in [-0.39, 0.29) is 12.3 Å². The molecular weight excluding hydrogens is 397 g/mol. The Bertz CT molecular complexity index is 1160. The van der Waals surface area contributed by atoms with Crippen LogP contribution in [0.15, 0.2) is 67.0 Å². The zero-order valence-corrected chi connectivity index (χ0v) is 17.0. The maximum absolute atomic E-state index is 14.5. The molecule has 31 heavy (non-hydrogen) atoms. The van der Waals surface area contributed by atoms with Gasteiger partial charge in [-0.3, -0.25) is 4.98 Å². The summed E-state index contributed by atoms with van der Waals surface area (Å²) in [5.41, 5.74) is 2.75. The molecule has 0 aliphatic rings. The summed E-state index contributed by atoms with van der Waals surface area (Å²) in [7, 11) is 1.66. The van der Waals surface area contributed by atoms with Gasteiger partial charge in [-0.25, -0.2) is 14.4 Å². The third-order valence-electron chi connectivity index (χ3n) is 4.52. The number of pyridine rings is 1. The van der Waals surface area contributed by atoms with E-state index in [1.807, 2.05) is 36.4 Å². The monoisotopic (exact) mass is 419 g/mol. The number of nitrogens with zero attached hydrogens (tertiary/aromatic N) is 3. The summed E-state index contributed by atoms with van der Waals surface area (Å²) in [6, 6.07) is 16.0. The predicted molar refractivity (Wildman–Crippen MR) is 118 cm³/mol. The molecule has 4 rings (SSSR count). The predicted octanol–water partition coefficient (Wildman–Crippen LogP) is 4.54. The lowest BCUT2D eigenvalue weighted by atomic mass is 10.2. The number of benzene rings is 2. The van der Waals surface area contributed by atoms with Crippen LogP contribution in [0.3, 0.4) is 0 Å². The SMILES string of the molecule is COCCNc1ccc2nc(Nc3ccc(OCc4ccccn4)cc3F)ncc2c1. The van der Waals surface area contributed by atoms with Crippen molar-refractivity contribution < 1.29 is 13.9 Å². The number of rotatable bonds is 9. The minimum atomic E-state index is -0.458. The molecule has 0 bridgehead atoms. The van der Waals surface area contributed by atoms with Gasteiger partial charge in [-0.1, -0.05) is 6.07 Å². The van der Waals surface area contributed by atoms with Crippen molar-refractivity contribution in [1.29, 1.82) is 0 Å². The van der Waals surface area contributed by atoms with Crippen molar-refractivity contribution in [2.24, 2.45) is 0 Å². The lowest BCUT2D eigenvalue weighted by Crippen LogP contribution is -2.07. The lowest BCUT2D eigenvalue weighted by molar-refractivity contribution is 0.211. The van der Waals surface area contributed by atoms with Gasteiger partial charge in [0.05, 0.1) is 23.5 Å². The number of aromatic nitrogens is 3. The number of nitrogens with one attached hydrogen (secondary N) is 2. The van der Waals surface area contributed by atoms with Crippen molar-refractivity contribution in [1.82, 2.24) is 15.0 Å². The van der Waals surface area contributed by atoms with E-state index in [1.54, 1.807) is 31.6 Å². The van der Waals surface area contributed by atoms with Crippen LogP contribution in [-0.4, -0.2) is 35.2 Å². The summed E-state index contributed by atoms with van der Waals surface area (Å²) in [6.07, 6.45) is 3.39. The van der Waals surface area contributed by atoms with Gasteiger partial charge in [-0.15, -0.1) is 0 Å². The molecule has 0 saturated carbocycles. The summed E-state index contributed by atoms with van der Waals surface area (Å²) in [6.45, 7) is 1.60. The normalized spacial score (nSPS) is 10.8. The van der Waals surface area contributed by atoms with Crippen LogP contribution in [0.2, 0.25) is 0 Å². The van der Waals surface area contributed by atoms with Crippen LogP contribution < -0.4 is 15.4 Å². The third kappa shape index (κ3) is 5.43. The average molecular weight is 419 g/mol. The highest BCUT2D eigenvalue weighted by molar-refractivity contribution is 5.82. The molecule has 8 heteroatoms. The van der Waals surface area contributed by atoms with Crippen LogP contribution >= 0.6 is 0 Å². The largest absolute Gasteiger partial charge is 0.487 e. The smallest absolute Gasteiger partial charge is 0.227 e. The highest BCUT2D eigenvalue weighted by Crippen LogP contribution is 2.24. The molecular formula is C23H22FN5O2. The summed E-state index contributed by atoms with van der Waals surface area (Å²) < 4.78 is 25.2. The van der Waals surface area contributed by atoms with Gasteiger partial charge in [0.1, 0.15) is 18.2 Å². The molecule has 0 fully saturated rings. The van der Waals surface area contributed by atoms with E-state index in [1.165, 1.54) is 6.07 Å². The molecule has 0 radical (unpaired) electrons. The zero-order chi connectivity index (χ0) is 21.5. The van der Waals surface area contributed by atoms with Gasteiger partial charge in [-0.05, 0) is 42.5 Å². The first-order chi connectivity index (χ1) is 15.2. The van der Waals surface area contributed by atoms with E-state index in [9.17, 15) is 4.39 Å². The molecule has 2 N–H and O–H groups in total. The fourth-order valence-electron chi connectivity index (χ4n) is 2.95. The van der Waals surface area contributed by atoms with Crippen molar-refractivity contribution in [3.8, 4) is 5.75 Å². The van der Waals surface area contributed by atoms with E-state index >= 15 is 0 Å². The Morgan fingerprint density at radius 1 is 1.03 bits per heavy atom. The second-order valence-corrected chi connectivity index (χ2v) is 6.76. The second-order valence-electron chi connectivity index (χ2n) is 6.76. The summed E-state index contributed by atoms with van der Waals surface area (Å²) >= 11 is 0. The number of methoxy groups -OCH3 is 1. The molecule has 0 unspecified atom stereocenters. The van der Waals surface area contributed by atoms with Crippen molar-refractivity contribution in [2.45, 2.75) is 6.61 Å². The number of anilines is 3. The van der Waals surface area contributed by atoms with E-state index in [2.05, 4.69) is 25.6 Å². The topological polar surface area (TPSA) is 81.2 Å². The van der Waals surface area contributed by atoms with E-state index in [4.69, 9.17) is 9.47 Å². The van der Waals surface area contributed by atoms with Gasteiger partial charge in [0.25, 0.3) is 0 Å². The van der Waals surface area contributed by atoms with Crippen LogP contribution in [0.5, 0.6) is 5.75 Å². The minimum absolute atomic E-state index is 0.266. The Kier molecular flexibility index (Phi) is 6.49. The quantitative estimate of drug-likeness (QED) is 0.385. The fraction of sp³-hybridized carbons (Fsp3) is 0.174. The zero-order valence-electron chi connectivity index (χ0n) is 17.0. The highest BCUT2D eigenvalue weighted by Gasteiger charge is 2.08. The third-order valence-corrected chi connectivity index (χ3v) is 4.52. The molecule has 0 aliphatic heterocycles. The standard InChI is InChI=1S/C23H22FN5O2/c1-30-11-10-26-17-5-7-21-16(12-17)14-27-23(28-21)29-22-8-6-19(13-20(22)24)31-15-18-4-2-3-9-25-18/h2-9,12-14,26H,10-11,15H2,1H3,(H,27,28,29). The van der Waals surface area contributed by atoms with Gasteiger partial charge >= 0.3 is 0 Å². The van der Waals surface area contributed by atoms with E-state index in [0.717, 1.165) is 22.3 Å². The van der Waals surface area contributed by atoms with Crippen molar-refractivity contribution in [3.05, 3.63) is 78.5 Å². The lowest BCUT2D eigenvalue weighted by Gasteiger charge is -2.10. The summed E-state index contributed by atoms with van der Waals surface area (Å²) in [5.74, 6) is 0.273. The Labute approximate surface area is 179 Å². The number of hydrogen-bond donors (Lipinski definition) is 2. The number of fused-ring (bicyclic) bond motifs is 1. The van der Waals surface area contributed by atoms with Gasteiger partial charge in [-0.2, -0.15) is 0 Å². The van der Waals surface area contributed by atoms with Crippen LogP contribution in [-0.2, 0) is 11.3 Å². The first-order valence-corrected chi connectivity index (χ1v) is 9.80. The number of ether oxygens (including phenoxy) is 2. The van der Waals surface area contributed by atoms with Crippen molar-refractivity contribution in [3.63, 3.8) is 0 Å². The maximum Gasteiger partial charge on any atom is 0.227 e. The van der Waals surface area contributed by atoms with E-state index in [0.29, 0.717) is 24.8 Å². The molecule has 0 aliphatic carbocycles. The number of halogens is 1. The molecule has 0 spiro atoms. The second kappa shape index (κ2) is 9.82. The summed E-state index contributed by atoms with van der Waals surface area (Å²) in [4.78, 5) is 12.9. The number of hydrogen-bond acceptors (Lipinski definition) is 7. The van der Waals surface area contributed by atoms with Crippen molar-refractivity contribution >= 4 is 28.2 Å². The van der Waals surface area contributed by atoms with Crippen LogP contribution in [0, 0.1) is 5.82 Å². The first kappa shape index (κ1) is 20.5. The Balaban J connectivity index is 1.42. The van der Waals surface area contributed by atoms with Gasteiger partial charge < -0.3 is 20.1 Å². The Morgan fingerprint density at radius 2 is 1.97 bits per heavy atom. The molecule has 0 saturated heterocycles. The summed E-state index contributed by atoms with van der Waals surface area (Å²) in [5, 5.41) is 7.07. The molecule has 0 amide bonds. The van der Waals surface area contributed by atoms with Gasteiger partial charge in [0.2, 0.25) is 5.95 Å². The molecule has 4 aromatic rings.